The molecule has 3 aromatic heterocycles. The molecule has 0 spiro atoms. The molecule has 0 radical (unpaired) electrons. The van der Waals surface area contributed by atoms with Gasteiger partial charge in [-0.1, -0.05) is 23.2 Å². The number of nitrogens with one attached hydrogen (secondary N) is 1. The molecule has 1 N–H and O–H groups in total. The highest BCUT2D eigenvalue weighted by atomic mass is 35.5. The van der Waals surface area contributed by atoms with Crippen molar-refractivity contribution in [3.8, 4) is 5.88 Å². The molecule has 0 saturated heterocycles. The standard InChI is InChI=1S/C24H20Cl2F2N4O4/c1-33-7-8-35-12-36-21(22(27)28)13-9-16(25)20(17(26)10-13)32-23-14-3-6-30-24(34-2)19(14)15-11-29-5-4-18(15)31-23/h3-6,9-11H,7-8,12H2,1-2H3,(H,31,32). The number of hydrogen-bond donors (Lipinski definition) is 1. The van der Waals surface area contributed by atoms with Crippen molar-refractivity contribution in [1.29, 1.82) is 0 Å². The number of aromatic nitrogens is 3. The molecule has 188 valence electrons. The predicted octanol–water partition coefficient (Wildman–Crippen LogP) is 6.44. The molecule has 12 heteroatoms. The summed E-state index contributed by atoms with van der Waals surface area (Å²) in [6, 6.07) is 6.13. The van der Waals surface area contributed by atoms with Crippen molar-refractivity contribution in [1.82, 2.24) is 15.0 Å². The molecule has 0 bridgehead atoms. The van der Waals surface area contributed by atoms with Crippen LogP contribution in [0, 0.1) is 0 Å². The largest absolute Gasteiger partial charge is 0.481 e. The minimum absolute atomic E-state index is 0.0147. The summed E-state index contributed by atoms with van der Waals surface area (Å²) in [4.78, 5) is 13.1. The highest BCUT2D eigenvalue weighted by Gasteiger charge is 2.19. The fraction of sp³-hybridized carbons (Fsp3) is 0.208. The van der Waals surface area contributed by atoms with Gasteiger partial charge in [-0.15, -0.1) is 0 Å². The zero-order valence-corrected chi connectivity index (χ0v) is 20.7. The van der Waals surface area contributed by atoms with Gasteiger partial charge in [-0.05, 0) is 24.3 Å². The summed E-state index contributed by atoms with van der Waals surface area (Å²) in [5, 5.41) is 5.38. The Labute approximate surface area is 214 Å². The second-order valence-electron chi connectivity index (χ2n) is 7.29. The van der Waals surface area contributed by atoms with Crippen LogP contribution in [0.4, 0.5) is 20.3 Å². The van der Waals surface area contributed by atoms with Crippen LogP contribution in [0.5, 0.6) is 5.88 Å². The molecule has 0 aliphatic carbocycles. The van der Waals surface area contributed by atoms with Gasteiger partial charge in [0.15, 0.2) is 12.6 Å². The normalized spacial score (nSPS) is 11.1. The van der Waals surface area contributed by atoms with Gasteiger partial charge in [-0.2, -0.15) is 8.78 Å². The summed E-state index contributed by atoms with van der Waals surface area (Å²) in [5.74, 6) is 0.109. The zero-order chi connectivity index (χ0) is 25.7. The van der Waals surface area contributed by atoms with E-state index in [1.165, 1.54) is 26.4 Å². The molecular weight excluding hydrogens is 517 g/mol. The van der Waals surface area contributed by atoms with E-state index in [-0.39, 0.29) is 27.9 Å². The van der Waals surface area contributed by atoms with E-state index in [1.807, 2.05) is 0 Å². The summed E-state index contributed by atoms with van der Waals surface area (Å²) in [5.41, 5.74) is 0.885. The highest BCUT2D eigenvalue weighted by molar-refractivity contribution is 6.39. The number of anilines is 2. The van der Waals surface area contributed by atoms with Crippen LogP contribution >= 0.6 is 23.2 Å². The molecule has 8 nitrogen and oxygen atoms in total. The van der Waals surface area contributed by atoms with Gasteiger partial charge < -0.3 is 24.3 Å². The number of fused-ring (bicyclic) bond motifs is 3. The third-order valence-electron chi connectivity index (χ3n) is 5.10. The minimum atomic E-state index is -2.05. The van der Waals surface area contributed by atoms with Crippen LogP contribution < -0.4 is 10.1 Å². The second kappa shape index (κ2) is 11.6. The van der Waals surface area contributed by atoms with Gasteiger partial charge in [-0.3, -0.25) is 4.98 Å². The number of ether oxygens (including phenoxy) is 4. The molecule has 0 atom stereocenters. The van der Waals surface area contributed by atoms with Crippen LogP contribution in [-0.2, 0) is 14.2 Å². The van der Waals surface area contributed by atoms with Crippen molar-refractivity contribution in [2.24, 2.45) is 0 Å². The van der Waals surface area contributed by atoms with Crippen LogP contribution in [0.1, 0.15) is 5.56 Å². The van der Waals surface area contributed by atoms with E-state index in [0.717, 1.165) is 5.39 Å². The maximum absolute atomic E-state index is 13.6. The van der Waals surface area contributed by atoms with E-state index in [1.54, 1.807) is 30.7 Å². The number of benzene rings is 1. The lowest BCUT2D eigenvalue weighted by Crippen LogP contribution is -2.06. The van der Waals surface area contributed by atoms with Crippen molar-refractivity contribution in [2.75, 3.05) is 39.5 Å². The fourth-order valence-corrected chi connectivity index (χ4v) is 4.08. The van der Waals surface area contributed by atoms with Crippen molar-refractivity contribution in [3.63, 3.8) is 0 Å². The second-order valence-corrected chi connectivity index (χ2v) is 8.10. The van der Waals surface area contributed by atoms with E-state index in [4.69, 9.17) is 42.1 Å². The van der Waals surface area contributed by atoms with Crippen molar-refractivity contribution < 1.29 is 27.7 Å². The predicted molar refractivity (Wildman–Crippen MR) is 134 cm³/mol. The Bertz CT molecular complexity index is 1410. The number of rotatable bonds is 10. The van der Waals surface area contributed by atoms with Gasteiger partial charge in [-0.25, -0.2) is 9.97 Å². The lowest BCUT2D eigenvalue weighted by Gasteiger charge is -2.16. The summed E-state index contributed by atoms with van der Waals surface area (Å²) in [7, 11) is 3.01. The van der Waals surface area contributed by atoms with Gasteiger partial charge in [0, 0.05) is 42.0 Å². The quantitative estimate of drug-likeness (QED) is 0.107. The Morgan fingerprint density at radius 2 is 1.81 bits per heavy atom. The van der Waals surface area contributed by atoms with Gasteiger partial charge in [0.25, 0.3) is 0 Å². The van der Waals surface area contributed by atoms with Gasteiger partial charge in [0.1, 0.15) is 5.82 Å². The van der Waals surface area contributed by atoms with Crippen molar-refractivity contribution >= 4 is 62.1 Å². The van der Waals surface area contributed by atoms with Gasteiger partial charge in [0.05, 0.1) is 47.0 Å². The monoisotopic (exact) mass is 536 g/mol. The maximum atomic E-state index is 13.6. The third-order valence-corrected chi connectivity index (χ3v) is 5.70. The van der Waals surface area contributed by atoms with Crippen LogP contribution in [0.15, 0.2) is 48.9 Å². The third kappa shape index (κ3) is 5.41. The first-order valence-corrected chi connectivity index (χ1v) is 11.3. The number of halogens is 4. The van der Waals surface area contributed by atoms with E-state index < -0.39 is 18.6 Å². The first-order valence-electron chi connectivity index (χ1n) is 10.5. The van der Waals surface area contributed by atoms with Gasteiger partial charge >= 0.3 is 6.08 Å². The smallest absolute Gasteiger partial charge is 0.312 e. The molecule has 3 heterocycles. The van der Waals surface area contributed by atoms with Crippen molar-refractivity contribution in [3.05, 3.63) is 64.5 Å². The van der Waals surface area contributed by atoms with E-state index in [0.29, 0.717) is 34.6 Å². The molecule has 4 aromatic rings. The molecule has 0 amide bonds. The maximum Gasteiger partial charge on any atom is 0.312 e. The summed E-state index contributed by atoms with van der Waals surface area (Å²) in [6.07, 6.45) is 2.82. The summed E-state index contributed by atoms with van der Waals surface area (Å²) >= 11 is 12.9. The molecule has 0 aliphatic heterocycles. The average molecular weight is 537 g/mol. The van der Waals surface area contributed by atoms with Gasteiger partial charge in [0.2, 0.25) is 5.88 Å². The molecule has 36 heavy (non-hydrogen) atoms. The fourth-order valence-electron chi connectivity index (χ4n) is 3.50. The van der Waals surface area contributed by atoms with E-state index >= 15 is 0 Å². The van der Waals surface area contributed by atoms with Crippen LogP contribution in [-0.4, -0.2) is 49.2 Å². The first-order chi connectivity index (χ1) is 17.4. The zero-order valence-electron chi connectivity index (χ0n) is 19.1. The Kier molecular flexibility index (Phi) is 8.32. The average Bonchev–Trinajstić information content (AvgIpc) is 2.87. The Morgan fingerprint density at radius 3 is 2.50 bits per heavy atom. The lowest BCUT2D eigenvalue weighted by atomic mass is 10.1. The van der Waals surface area contributed by atoms with Crippen LogP contribution in [0.3, 0.4) is 0 Å². The number of nitrogens with zero attached hydrogens (tertiary/aromatic N) is 3. The lowest BCUT2D eigenvalue weighted by molar-refractivity contribution is -0.0236. The summed E-state index contributed by atoms with van der Waals surface area (Å²) in [6.45, 7) is 0.0859. The highest BCUT2D eigenvalue weighted by Crippen LogP contribution is 2.40. The molecule has 0 unspecified atom stereocenters. The van der Waals surface area contributed by atoms with Crippen molar-refractivity contribution in [2.45, 2.75) is 0 Å². The Hall–Kier alpha value is -3.31. The minimum Gasteiger partial charge on any atom is -0.481 e. The topological polar surface area (TPSA) is 87.6 Å². The number of methoxy groups -OCH3 is 2. The van der Waals surface area contributed by atoms with E-state index in [9.17, 15) is 8.78 Å². The Morgan fingerprint density at radius 1 is 1.03 bits per heavy atom. The SMILES string of the molecule is COCCOCOC(=C(F)F)c1cc(Cl)c(Nc2nc3ccncc3c3c(OC)nccc23)c(Cl)c1. The molecular formula is C24H20Cl2F2N4O4. The van der Waals surface area contributed by atoms with Crippen LogP contribution in [0.2, 0.25) is 10.0 Å². The first kappa shape index (κ1) is 25.8. The molecule has 0 aliphatic rings. The van der Waals surface area contributed by atoms with Crippen LogP contribution in [0.25, 0.3) is 27.4 Å². The number of hydrogen-bond acceptors (Lipinski definition) is 8. The van der Waals surface area contributed by atoms with E-state index in [2.05, 4.69) is 20.3 Å². The summed E-state index contributed by atoms with van der Waals surface area (Å²) < 4.78 is 47.7. The molecule has 0 fully saturated rings. The molecule has 0 saturated carbocycles. The molecule has 1 aromatic carbocycles. The Balaban J connectivity index is 1.71. The number of pyridine rings is 3. The molecule has 4 rings (SSSR count).